The van der Waals surface area contributed by atoms with E-state index in [1.165, 1.54) is 12.1 Å². The Balaban J connectivity index is 2.35. The lowest BCUT2D eigenvalue weighted by Crippen LogP contribution is -2.30. The fraction of sp³-hybridized carbons (Fsp3) is 0.200. The van der Waals surface area contributed by atoms with E-state index in [0.717, 1.165) is 0 Å². The standard InChI is InChI=1S/C15H15FN2OS/c1-18(9-8-14(17)20)15(19)12-6-7-13(16)11-5-3-2-4-10(11)12/h2-7H,8-9H2,1H3,(H2,17,20). The molecule has 0 radical (unpaired) electrons. The molecule has 0 unspecified atom stereocenters. The number of rotatable bonds is 4. The number of carbonyl (C=O) groups is 1. The van der Waals surface area contributed by atoms with Gasteiger partial charge in [-0.3, -0.25) is 4.79 Å². The molecule has 2 aromatic rings. The summed E-state index contributed by atoms with van der Waals surface area (Å²) in [5, 5.41) is 1.06. The summed E-state index contributed by atoms with van der Waals surface area (Å²) in [6.45, 7) is 0.444. The third kappa shape index (κ3) is 2.93. The molecule has 20 heavy (non-hydrogen) atoms. The van der Waals surface area contributed by atoms with Gasteiger partial charge in [0.05, 0.1) is 4.99 Å². The third-order valence-corrected chi connectivity index (χ3v) is 3.35. The van der Waals surface area contributed by atoms with Crippen LogP contribution < -0.4 is 5.73 Å². The maximum atomic E-state index is 13.7. The highest BCUT2D eigenvalue weighted by molar-refractivity contribution is 7.80. The summed E-state index contributed by atoms with van der Waals surface area (Å²) in [7, 11) is 1.68. The number of nitrogens with two attached hydrogens (primary N) is 1. The number of hydrogen-bond donors (Lipinski definition) is 1. The van der Waals surface area contributed by atoms with E-state index in [-0.39, 0.29) is 11.7 Å². The van der Waals surface area contributed by atoms with E-state index in [1.807, 2.05) is 0 Å². The summed E-state index contributed by atoms with van der Waals surface area (Å²) in [6, 6.07) is 9.77. The van der Waals surface area contributed by atoms with Crippen molar-refractivity contribution in [2.24, 2.45) is 5.73 Å². The van der Waals surface area contributed by atoms with Crippen LogP contribution in [0, 0.1) is 5.82 Å². The molecule has 0 atom stereocenters. The van der Waals surface area contributed by atoms with Crippen molar-refractivity contribution >= 4 is 33.9 Å². The van der Waals surface area contributed by atoms with Crippen LogP contribution in [0.4, 0.5) is 4.39 Å². The zero-order chi connectivity index (χ0) is 14.7. The van der Waals surface area contributed by atoms with Crippen molar-refractivity contribution < 1.29 is 9.18 Å². The van der Waals surface area contributed by atoms with Gasteiger partial charge in [0, 0.05) is 31.0 Å². The van der Waals surface area contributed by atoms with Gasteiger partial charge in [0.1, 0.15) is 5.82 Å². The number of nitrogens with zero attached hydrogens (tertiary/aromatic N) is 1. The minimum absolute atomic E-state index is 0.169. The van der Waals surface area contributed by atoms with Crippen LogP contribution in [0.2, 0.25) is 0 Å². The molecule has 5 heteroatoms. The van der Waals surface area contributed by atoms with Gasteiger partial charge >= 0.3 is 0 Å². The van der Waals surface area contributed by atoms with Gasteiger partial charge in [-0.05, 0) is 17.5 Å². The van der Waals surface area contributed by atoms with E-state index >= 15 is 0 Å². The third-order valence-electron chi connectivity index (χ3n) is 3.14. The predicted molar refractivity (Wildman–Crippen MR) is 82.3 cm³/mol. The normalized spacial score (nSPS) is 10.5. The summed E-state index contributed by atoms with van der Waals surface area (Å²) in [5.41, 5.74) is 5.91. The van der Waals surface area contributed by atoms with Crippen LogP contribution in [0.3, 0.4) is 0 Å². The van der Waals surface area contributed by atoms with Crippen LogP contribution in [0.1, 0.15) is 16.8 Å². The Morgan fingerprint density at radius 3 is 2.55 bits per heavy atom. The fourth-order valence-electron chi connectivity index (χ4n) is 2.03. The Labute approximate surface area is 122 Å². The second-order valence-corrected chi connectivity index (χ2v) is 5.11. The molecule has 2 N–H and O–H groups in total. The van der Waals surface area contributed by atoms with Crippen LogP contribution in [-0.2, 0) is 0 Å². The molecule has 0 saturated carbocycles. The Bertz CT molecular complexity index is 672. The molecule has 2 rings (SSSR count). The Kier molecular flexibility index (Phi) is 4.29. The number of amides is 1. The molecule has 0 spiro atoms. The zero-order valence-corrected chi connectivity index (χ0v) is 11.9. The van der Waals surface area contributed by atoms with Crippen molar-refractivity contribution in [3.05, 3.63) is 47.8 Å². The van der Waals surface area contributed by atoms with E-state index in [0.29, 0.717) is 34.3 Å². The van der Waals surface area contributed by atoms with Crippen molar-refractivity contribution in [1.29, 1.82) is 0 Å². The average Bonchev–Trinajstić information content (AvgIpc) is 2.44. The number of benzene rings is 2. The molecule has 0 aliphatic heterocycles. The highest BCUT2D eigenvalue weighted by atomic mass is 32.1. The molecule has 0 saturated heterocycles. The van der Waals surface area contributed by atoms with Crippen molar-refractivity contribution in [2.75, 3.05) is 13.6 Å². The van der Waals surface area contributed by atoms with Gasteiger partial charge in [-0.1, -0.05) is 36.5 Å². The maximum Gasteiger partial charge on any atom is 0.254 e. The van der Waals surface area contributed by atoms with Crippen LogP contribution in [0.15, 0.2) is 36.4 Å². The van der Waals surface area contributed by atoms with Gasteiger partial charge in [-0.2, -0.15) is 0 Å². The summed E-state index contributed by atoms with van der Waals surface area (Å²) in [5.74, 6) is -0.500. The smallest absolute Gasteiger partial charge is 0.254 e. The fourth-order valence-corrected chi connectivity index (χ4v) is 2.13. The van der Waals surface area contributed by atoms with Crippen molar-refractivity contribution in [2.45, 2.75) is 6.42 Å². The van der Waals surface area contributed by atoms with Gasteiger partial charge in [0.2, 0.25) is 0 Å². The first-order valence-corrected chi connectivity index (χ1v) is 6.62. The van der Waals surface area contributed by atoms with E-state index in [2.05, 4.69) is 0 Å². The minimum Gasteiger partial charge on any atom is -0.393 e. The molecule has 0 aromatic heterocycles. The first-order chi connectivity index (χ1) is 9.50. The molecule has 0 bridgehead atoms. The van der Waals surface area contributed by atoms with E-state index < -0.39 is 0 Å². The van der Waals surface area contributed by atoms with Gasteiger partial charge in [0.15, 0.2) is 0 Å². The second kappa shape index (κ2) is 5.96. The van der Waals surface area contributed by atoms with Crippen LogP contribution in [0.5, 0.6) is 0 Å². The first kappa shape index (κ1) is 14.4. The van der Waals surface area contributed by atoms with Crippen molar-refractivity contribution in [1.82, 2.24) is 4.90 Å². The lowest BCUT2D eigenvalue weighted by molar-refractivity contribution is 0.0801. The molecule has 0 aliphatic rings. The molecule has 0 fully saturated rings. The Hall–Kier alpha value is -2.01. The molecule has 2 aromatic carbocycles. The van der Waals surface area contributed by atoms with E-state index in [4.69, 9.17) is 18.0 Å². The van der Waals surface area contributed by atoms with Crippen molar-refractivity contribution in [3.8, 4) is 0 Å². The first-order valence-electron chi connectivity index (χ1n) is 6.21. The molecule has 0 aliphatic carbocycles. The van der Waals surface area contributed by atoms with Crippen LogP contribution >= 0.6 is 12.2 Å². The monoisotopic (exact) mass is 290 g/mol. The summed E-state index contributed by atoms with van der Waals surface area (Å²) in [4.78, 5) is 14.3. The average molecular weight is 290 g/mol. The molecule has 0 heterocycles. The number of hydrogen-bond acceptors (Lipinski definition) is 2. The predicted octanol–water partition coefficient (Wildman–Crippen LogP) is 2.73. The maximum absolute atomic E-state index is 13.7. The number of carbonyl (C=O) groups excluding carboxylic acids is 1. The number of fused-ring (bicyclic) bond motifs is 1. The molecule has 3 nitrogen and oxygen atoms in total. The Morgan fingerprint density at radius 1 is 1.25 bits per heavy atom. The largest absolute Gasteiger partial charge is 0.393 e. The lowest BCUT2D eigenvalue weighted by Gasteiger charge is -2.18. The highest BCUT2D eigenvalue weighted by Crippen LogP contribution is 2.22. The lowest BCUT2D eigenvalue weighted by atomic mass is 10.0. The van der Waals surface area contributed by atoms with E-state index in [1.54, 1.807) is 36.2 Å². The van der Waals surface area contributed by atoms with E-state index in [9.17, 15) is 9.18 Å². The molecule has 104 valence electrons. The van der Waals surface area contributed by atoms with Gasteiger partial charge in [0.25, 0.3) is 5.91 Å². The molecular formula is C15H15FN2OS. The van der Waals surface area contributed by atoms with Gasteiger partial charge in [-0.15, -0.1) is 0 Å². The molecule has 1 amide bonds. The number of thiocarbonyl (C=S) groups is 1. The summed E-state index contributed by atoms with van der Waals surface area (Å²) >= 11 is 4.80. The quantitative estimate of drug-likeness (QED) is 0.881. The van der Waals surface area contributed by atoms with Crippen LogP contribution in [0.25, 0.3) is 10.8 Å². The van der Waals surface area contributed by atoms with Gasteiger partial charge < -0.3 is 10.6 Å². The second-order valence-electron chi connectivity index (χ2n) is 4.58. The topological polar surface area (TPSA) is 46.3 Å². The number of halogens is 1. The Morgan fingerprint density at radius 2 is 1.90 bits per heavy atom. The summed E-state index contributed by atoms with van der Waals surface area (Å²) < 4.78 is 13.7. The highest BCUT2D eigenvalue weighted by Gasteiger charge is 2.16. The minimum atomic E-state index is -0.331. The molecular weight excluding hydrogens is 275 g/mol. The van der Waals surface area contributed by atoms with Crippen molar-refractivity contribution in [3.63, 3.8) is 0 Å². The SMILES string of the molecule is CN(CCC(N)=S)C(=O)c1ccc(F)c2ccccc12. The summed E-state index contributed by atoms with van der Waals surface area (Å²) in [6.07, 6.45) is 0.469. The van der Waals surface area contributed by atoms with Crippen LogP contribution in [-0.4, -0.2) is 29.4 Å². The van der Waals surface area contributed by atoms with Gasteiger partial charge in [-0.25, -0.2) is 4.39 Å². The zero-order valence-electron chi connectivity index (χ0n) is 11.1.